The molecule has 0 unspecified atom stereocenters. The summed E-state index contributed by atoms with van der Waals surface area (Å²) in [5, 5.41) is 5.98. The van der Waals surface area contributed by atoms with E-state index < -0.39 is 0 Å². The Bertz CT molecular complexity index is 1090. The van der Waals surface area contributed by atoms with Gasteiger partial charge in [0.2, 0.25) is 5.91 Å². The molecule has 162 valence electrons. The third-order valence-corrected chi connectivity index (χ3v) is 6.06. The number of carbonyl (C=O) groups excluding carboxylic acids is 2. The molecule has 0 radical (unpaired) electrons. The number of urea groups is 1. The van der Waals surface area contributed by atoms with E-state index in [9.17, 15) is 9.59 Å². The molecule has 32 heavy (non-hydrogen) atoms. The number of benzene rings is 2. The zero-order chi connectivity index (χ0) is 21.9. The molecule has 7 heteroatoms. The van der Waals surface area contributed by atoms with Crippen molar-refractivity contribution in [2.24, 2.45) is 5.92 Å². The molecule has 5 rings (SSSR count). The van der Waals surface area contributed by atoms with Crippen LogP contribution >= 0.6 is 0 Å². The topological polar surface area (TPSA) is 77.6 Å². The van der Waals surface area contributed by atoms with Crippen molar-refractivity contribution in [2.75, 3.05) is 23.3 Å². The van der Waals surface area contributed by atoms with Gasteiger partial charge in [-0.1, -0.05) is 30.3 Å². The maximum Gasteiger partial charge on any atom is 0.322 e. The minimum Gasteiger partial charge on any atom is -0.370 e. The number of fused-ring (bicyclic) bond motifs is 1. The van der Waals surface area contributed by atoms with Gasteiger partial charge < -0.3 is 20.4 Å². The molecular formula is C25H25N5O2. The molecule has 1 fully saturated rings. The summed E-state index contributed by atoms with van der Waals surface area (Å²) >= 11 is 0. The Kier molecular flexibility index (Phi) is 5.46. The average molecular weight is 428 g/mol. The van der Waals surface area contributed by atoms with Gasteiger partial charge in [-0.3, -0.25) is 9.78 Å². The molecule has 3 aromatic rings. The third-order valence-electron chi connectivity index (χ3n) is 6.06. The summed E-state index contributed by atoms with van der Waals surface area (Å²) in [4.78, 5) is 33.0. The van der Waals surface area contributed by atoms with E-state index in [0.717, 1.165) is 28.1 Å². The van der Waals surface area contributed by atoms with Crippen LogP contribution < -0.4 is 15.5 Å². The Morgan fingerprint density at radius 2 is 1.69 bits per heavy atom. The molecule has 0 saturated carbocycles. The zero-order valence-electron chi connectivity index (χ0n) is 17.7. The molecule has 0 spiro atoms. The fourth-order valence-corrected chi connectivity index (χ4v) is 4.11. The van der Waals surface area contributed by atoms with Crippen LogP contribution in [0.4, 0.5) is 16.2 Å². The Morgan fingerprint density at radius 3 is 2.44 bits per heavy atom. The summed E-state index contributed by atoms with van der Waals surface area (Å²) in [5.41, 5.74) is 5.15. The van der Waals surface area contributed by atoms with E-state index in [1.807, 2.05) is 66.9 Å². The number of nitrogens with zero attached hydrogens (tertiary/aromatic N) is 3. The van der Waals surface area contributed by atoms with Crippen molar-refractivity contribution < 1.29 is 9.59 Å². The maximum absolute atomic E-state index is 12.6. The van der Waals surface area contributed by atoms with Crippen molar-refractivity contribution in [1.82, 2.24) is 15.2 Å². The van der Waals surface area contributed by atoms with E-state index in [4.69, 9.17) is 0 Å². The molecule has 2 aromatic carbocycles. The Balaban J connectivity index is 1.09. The van der Waals surface area contributed by atoms with Crippen LogP contribution in [0, 0.1) is 5.92 Å². The van der Waals surface area contributed by atoms with Crippen LogP contribution in [0.3, 0.4) is 0 Å². The van der Waals surface area contributed by atoms with Crippen LogP contribution in [0.1, 0.15) is 16.7 Å². The lowest BCUT2D eigenvalue weighted by molar-refractivity contribution is -0.125. The average Bonchev–Trinajstić information content (AvgIpc) is 3.23. The predicted molar refractivity (Wildman–Crippen MR) is 123 cm³/mol. The van der Waals surface area contributed by atoms with Crippen LogP contribution in [0.2, 0.25) is 0 Å². The standard InChI is InChI=1S/C25H25N5O2/c31-24(27-12-18-4-2-1-3-5-18)21-16-29(17-21)23-8-6-22(7-9-23)28-25(32)30-14-19-10-11-26-13-20(19)15-30/h1-11,13,21H,12,14-17H2,(H,27,31)(H,28,32). The molecule has 3 amide bonds. The predicted octanol–water partition coefficient (Wildman–Crippen LogP) is 3.38. The Morgan fingerprint density at radius 1 is 0.938 bits per heavy atom. The number of anilines is 2. The van der Waals surface area contributed by atoms with Crippen molar-refractivity contribution in [1.29, 1.82) is 0 Å². The maximum atomic E-state index is 12.6. The van der Waals surface area contributed by atoms with E-state index >= 15 is 0 Å². The van der Waals surface area contributed by atoms with E-state index in [1.165, 1.54) is 0 Å². The molecule has 2 aliphatic rings. The number of rotatable bonds is 5. The lowest BCUT2D eigenvalue weighted by Gasteiger charge is -2.40. The normalized spacial score (nSPS) is 15.1. The number of hydrogen-bond acceptors (Lipinski definition) is 4. The van der Waals surface area contributed by atoms with Gasteiger partial charge in [-0.15, -0.1) is 0 Å². The fourth-order valence-electron chi connectivity index (χ4n) is 4.11. The van der Waals surface area contributed by atoms with Gasteiger partial charge in [-0.05, 0) is 47.0 Å². The summed E-state index contributed by atoms with van der Waals surface area (Å²) in [5.74, 6) is 0.0974. The van der Waals surface area contributed by atoms with E-state index in [2.05, 4.69) is 20.5 Å². The number of nitrogens with one attached hydrogen (secondary N) is 2. The second kappa shape index (κ2) is 8.70. The highest BCUT2D eigenvalue weighted by Gasteiger charge is 2.32. The molecule has 1 aromatic heterocycles. The second-order valence-electron chi connectivity index (χ2n) is 8.28. The number of pyridine rings is 1. The van der Waals surface area contributed by atoms with Gasteiger partial charge in [0, 0.05) is 56.5 Å². The summed E-state index contributed by atoms with van der Waals surface area (Å²) in [7, 11) is 0. The molecule has 1 saturated heterocycles. The third kappa shape index (κ3) is 4.27. The Labute approximate surface area is 187 Å². The Hall–Kier alpha value is -3.87. The molecule has 3 heterocycles. The van der Waals surface area contributed by atoms with Crippen LogP contribution in [0.25, 0.3) is 0 Å². The van der Waals surface area contributed by atoms with Gasteiger partial charge in [0.1, 0.15) is 0 Å². The lowest BCUT2D eigenvalue weighted by atomic mass is 9.98. The van der Waals surface area contributed by atoms with Gasteiger partial charge >= 0.3 is 6.03 Å². The molecule has 0 aliphatic carbocycles. The van der Waals surface area contributed by atoms with Gasteiger partial charge in [0.05, 0.1) is 5.92 Å². The minimum atomic E-state index is -0.118. The van der Waals surface area contributed by atoms with Crippen LogP contribution in [0.15, 0.2) is 73.1 Å². The highest BCUT2D eigenvalue weighted by atomic mass is 16.2. The van der Waals surface area contributed by atoms with Gasteiger partial charge in [-0.25, -0.2) is 4.79 Å². The monoisotopic (exact) mass is 427 g/mol. The second-order valence-corrected chi connectivity index (χ2v) is 8.28. The molecule has 0 bridgehead atoms. The smallest absolute Gasteiger partial charge is 0.322 e. The lowest BCUT2D eigenvalue weighted by Crippen LogP contribution is -2.53. The van der Waals surface area contributed by atoms with Crippen molar-refractivity contribution in [3.05, 3.63) is 89.7 Å². The van der Waals surface area contributed by atoms with Crippen LogP contribution in [-0.4, -0.2) is 34.9 Å². The summed E-state index contributed by atoms with van der Waals surface area (Å²) in [6, 6.07) is 19.5. The van der Waals surface area contributed by atoms with Crippen molar-refractivity contribution >= 4 is 23.3 Å². The largest absolute Gasteiger partial charge is 0.370 e. The molecule has 0 atom stereocenters. The van der Waals surface area contributed by atoms with Gasteiger partial charge in [-0.2, -0.15) is 0 Å². The highest BCUT2D eigenvalue weighted by Crippen LogP contribution is 2.27. The first kappa shape index (κ1) is 20.1. The van der Waals surface area contributed by atoms with Crippen molar-refractivity contribution in [3.63, 3.8) is 0 Å². The van der Waals surface area contributed by atoms with Gasteiger partial charge in [0.15, 0.2) is 0 Å². The minimum absolute atomic E-state index is 0.00406. The van der Waals surface area contributed by atoms with E-state index in [-0.39, 0.29) is 17.9 Å². The molecule has 2 aliphatic heterocycles. The number of hydrogen-bond donors (Lipinski definition) is 2. The number of aromatic nitrogens is 1. The molecular weight excluding hydrogens is 402 g/mol. The fraction of sp³-hybridized carbons (Fsp3) is 0.240. The quantitative estimate of drug-likeness (QED) is 0.654. The molecule has 2 N–H and O–H groups in total. The highest BCUT2D eigenvalue weighted by molar-refractivity contribution is 5.90. The summed E-state index contributed by atoms with van der Waals surface area (Å²) < 4.78 is 0. The van der Waals surface area contributed by atoms with Crippen molar-refractivity contribution in [2.45, 2.75) is 19.6 Å². The first-order chi connectivity index (χ1) is 15.7. The first-order valence-electron chi connectivity index (χ1n) is 10.8. The summed E-state index contributed by atoms with van der Waals surface area (Å²) in [6.07, 6.45) is 3.58. The number of amides is 3. The van der Waals surface area contributed by atoms with Crippen molar-refractivity contribution in [3.8, 4) is 0 Å². The van der Waals surface area contributed by atoms with Crippen LogP contribution in [-0.2, 0) is 24.4 Å². The molecule has 7 nitrogen and oxygen atoms in total. The number of carbonyl (C=O) groups is 2. The zero-order valence-corrected chi connectivity index (χ0v) is 17.7. The van der Waals surface area contributed by atoms with E-state index in [1.54, 1.807) is 11.1 Å². The van der Waals surface area contributed by atoms with Gasteiger partial charge in [0.25, 0.3) is 0 Å². The SMILES string of the molecule is O=C(NCc1ccccc1)C1CN(c2ccc(NC(=O)N3Cc4ccncc4C3)cc2)C1. The first-order valence-corrected chi connectivity index (χ1v) is 10.8. The van der Waals surface area contributed by atoms with Crippen LogP contribution in [0.5, 0.6) is 0 Å². The summed E-state index contributed by atoms with van der Waals surface area (Å²) in [6.45, 7) is 3.14. The van der Waals surface area contributed by atoms with E-state index in [0.29, 0.717) is 32.7 Å².